The van der Waals surface area contributed by atoms with Crippen LogP contribution in [0.2, 0.25) is 0 Å². The minimum atomic E-state index is -0.190. The summed E-state index contributed by atoms with van der Waals surface area (Å²) in [5.74, 6) is -0.379. The Morgan fingerprint density at radius 3 is 1.95 bits per heavy atom. The van der Waals surface area contributed by atoms with E-state index in [9.17, 15) is 9.59 Å². The van der Waals surface area contributed by atoms with Crippen molar-refractivity contribution in [1.29, 1.82) is 0 Å². The molecule has 102 valence electrons. The molecule has 1 aliphatic rings. The molecule has 0 fully saturated rings. The van der Waals surface area contributed by atoms with E-state index in [1.54, 1.807) is 24.3 Å². The van der Waals surface area contributed by atoms with E-state index in [2.05, 4.69) is 26.1 Å². The Labute approximate surface area is 113 Å². The smallest absolute Gasteiger partial charge is 0.261 e. The molecule has 1 heterocycles. The van der Waals surface area contributed by atoms with Crippen molar-refractivity contribution in [3.63, 3.8) is 0 Å². The van der Waals surface area contributed by atoms with E-state index >= 15 is 0 Å². The van der Waals surface area contributed by atoms with Crippen LogP contribution in [-0.2, 0) is 0 Å². The van der Waals surface area contributed by atoms with Crippen LogP contribution in [0.3, 0.4) is 0 Å². The number of likely N-dealkylation sites (N-methyl/N-ethyl adjacent to an activating group) is 1. The molecule has 1 atom stereocenters. The monoisotopic (exact) mass is 260 g/mol. The van der Waals surface area contributed by atoms with Gasteiger partial charge in [-0.25, -0.2) is 0 Å². The predicted octanol–water partition coefficient (Wildman–Crippen LogP) is 1.92. The first-order chi connectivity index (χ1) is 8.86. The number of carbonyl (C=O) groups excluding carboxylic acids is 2. The zero-order valence-corrected chi connectivity index (χ0v) is 11.9. The molecule has 0 aliphatic carbocycles. The number of fused-ring (bicyclic) bond motifs is 1. The molecule has 19 heavy (non-hydrogen) atoms. The van der Waals surface area contributed by atoms with E-state index < -0.39 is 0 Å². The van der Waals surface area contributed by atoms with E-state index in [4.69, 9.17) is 0 Å². The van der Waals surface area contributed by atoms with Gasteiger partial charge in [-0.3, -0.25) is 14.5 Å². The molecule has 4 nitrogen and oxygen atoms in total. The maximum absolute atomic E-state index is 12.3. The van der Waals surface area contributed by atoms with Gasteiger partial charge in [0.1, 0.15) is 0 Å². The highest BCUT2D eigenvalue weighted by molar-refractivity contribution is 6.21. The standard InChI is InChI=1S/C15H20N2O2/c1-15(2,3)12(16-4)9-17-13(18)10-7-5-6-8-11(10)14(17)19/h5-8,12,16H,9H2,1-4H3/t12-/m1/s1. The number of benzene rings is 1. The lowest BCUT2D eigenvalue weighted by molar-refractivity contribution is 0.0612. The fourth-order valence-electron chi connectivity index (χ4n) is 2.39. The number of nitrogens with zero attached hydrogens (tertiary/aromatic N) is 1. The lowest BCUT2D eigenvalue weighted by atomic mass is 9.86. The minimum Gasteiger partial charge on any atom is -0.315 e. The second-order valence-electron chi connectivity index (χ2n) is 5.97. The van der Waals surface area contributed by atoms with E-state index in [1.165, 1.54) is 4.90 Å². The van der Waals surface area contributed by atoms with Gasteiger partial charge < -0.3 is 5.32 Å². The van der Waals surface area contributed by atoms with Crippen molar-refractivity contribution in [3.8, 4) is 0 Å². The zero-order valence-electron chi connectivity index (χ0n) is 11.9. The van der Waals surface area contributed by atoms with Crippen molar-refractivity contribution in [2.45, 2.75) is 26.8 Å². The maximum Gasteiger partial charge on any atom is 0.261 e. The number of nitrogens with one attached hydrogen (secondary N) is 1. The van der Waals surface area contributed by atoms with Crippen LogP contribution < -0.4 is 5.32 Å². The Hall–Kier alpha value is -1.68. The second-order valence-corrected chi connectivity index (χ2v) is 5.97. The van der Waals surface area contributed by atoms with Gasteiger partial charge in [-0.2, -0.15) is 0 Å². The van der Waals surface area contributed by atoms with Gasteiger partial charge in [0.25, 0.3) is 11.8 Å². The highest BCUT2D eigenvalue weighted by atomic mass is 16.2. The van der Waals surface area contributed by atoms with Crippen LogP contribution in [-0.4, -0.2) is 36.3 Å². The molecule has 1 aromatic carbocycles. The minimum absolute atomic E-state index is 0.0237. The average Bonchev–Trinajstić information content (AvgIpc) is 2.59. The molecule has 4 heteroatoms. The molecule has 2 amide bonds. The Balaban J connectivity index is 2.25. The van der Waals surface area contributed by atoms with Crippen molar-refractivity contribution in [3.05, 3.63) is 35.4 Å². The fourth-order valence-corrected chi connectivity index (χ4v) is 2.39. The summed E-state index contributed by atoms with van der Waals surface area (Å²) in [7, 11) is 1.86. The molecule has 0 radical (unpaired) electrons. The summed E-state index contributed by atoms with van der Waals surface area (Å²) in [5, 5.41) is 3.19. The van der Waals surface area contributed by atoms with Crippen molar-refractivity contribution < 1.29 is 9.59 Å². The molecule has 0 saturated carbocycles. The Bertz CT molecular complexity index is 482. The first-order valence-electron chi connectivity index (χ1n) is 6.48. The summed E-state index contributed by atoms with van der Waals surface area (Å²) < 4.78 is 0. The third-order valence-corrected chi connectivity index (χ3v) is 3.64. The Morgan fingerprint density at radius 1 is 1.11 bits per heavy atom. The number of carbonyl (C=O) groups is 2. The molecule has 0 aromatic heterocycles. The highest BCUT2D eigenvalue weighted by Crippen LogP contribution is 2.26. The average molecular weight is 260 g/mol. The largest absolute Gasteiger partial charge is 0.315 e. The van der Waals surface area contributed by atoms with Crippen LogP contribution in [0.5, 0.6) is 0 Å². The third-order valence-electron chi connectivity index (χ3n) is 3.64. The summed E-state index contributed by atoms with van der Waals surface area (Å²) in [6, 6.07) is 7.05. The summed E-state index contributed by atoms with van der Waals surface area (Å²) in [6.45, 7) is 6.66. The highest BCUT2D eigenvalue weighted by Gasteiger charge is 2.38. The SMILES string of the molecule is CN[C@H](CN1C(=O)c2ccccc2C1=O)C(C)(C)C. The van der Waals surface area contributed by atoms with E-state index in [0.717, 1.165) is 0 Å². The number of amides is 2. The topological polar surface area (TPSA) is 49.4 Å². The van der Waals surface area contributed by atoms with Crippen LogP contribution in [0.1, 0.15) is 41.5 Å². The van der Waals surface area contributed by atoms with Crippen LogP contribution >= 0.6 is 0 Å². The molecule has 0 saturated heterocycles. The van der Waals surface area contributed by atoms with E-state index in [1.807, 2.05) is 7.05 Å². The molecule has 0 bridgehead atoms. The third kappa shape index (κ3) is 2.40. The van der Waals surface area contributed by atoms with Gasteiger partial charge in [0.15, 0.2) is 0 Å². The zero-order chi connectivity index (χ0) is 14.2. The van der Waals surface area contributed by atoms with Crippen molar-refractivity contribution in [2.24, 2.45) is 5.41 Å². The second kappa shape index (κ2) is 4.78. The molecule has 1 aliphatic heterocycles. The summed E-state index contributed by atoms with van der Waals surface area (Å²) in [4.78, 5) is 25.9. The van der Waals surface area contributed by atoms with E-state index in [-0.39, 0.29) is 23.3 Å². The Morgan fingerprint density at radius 2 is 1.58 bits per heavy atom. The van der Waals surface area contributed by atoms with Crippen molar-refractivity contribution in [2.75, 3.05) is 13.6 Å². The number of hydrogen-bond donors (Lipinski definition) is 1. The van der Waals surface area contributed by atoms with Gasteiger partial charge in [0.05, 0.1) is 11.1 Å². The maximum atomic E-state index is 12.3. The normalized spacial score (nSPS) is 16.7. The molecule has 1 N–H and O–H groups in total. The van der Waals surface area contributed by atoms with Crippen molar-refractivity contribution in [1.82, 2.24) is 10.2 Å². The molecule has 0 spiro atoms. The van der Waals surface area contributed by atoms with E-state index in [0.29, 0.717) is 17.7 Å². The quantitative estimate of drug-likeness (QED) is 0.845. The molecular formula is C15H20N2O2. The lowest BCUT2D eigenvalue weighted by Gasteiger charge is -2.32. The molecule has 2 rings (SSSR count). The van der Waals surface area contributed by atoms with Crippen LogP contribution in [0.4, 0.5) is 0 Å². The number of imide groups is 1. The van der Waals surface area contributed by atoms with Crippen LogP contribution in [0.25, 0.3) is 0 Å². The molecule has 0 unspecified atom stereocenters. The van der Waals surface area contributed by atoms with Gasteiger partial charge in [-0.1, -0.05) is 32.9 Å². The fraction of sp³-hybridized carbons (Fsp3) is 0.467. The van der Waals surface area contributed by atoms with Crippen LogP contribution in [0, 0.1) is 5.41 Å². The summed E-state index contributed by atoms with van der Waals surface area (Å²) >= 11 is 0. The Kier molecular flexibility index (Phi) is 3.45. The number of hydrogen-bond acceptors (Lipinski definition) is 3. The van der Waals surface area contributed by atoms with Gasteiger partial charge in [-0.05, 0) is 24.6 Å². The predicted molar refractivity (Wildman–Crippen MR) is 74.1 cm³/mol. The first kappa shape index (κ1) is 13.7. The van der Waals surface area contributed by atoms with Crippen LogP contribution in [0.15, 0.2) is 24.3 Å². The molecular weight excluding hydrogens is 240 g/mol. The van der Waals surface area contributed by atoms with Gasteiger partial charge >= 0.3 is 0 Å². The van der Waals surface area contributed by atoms with Gasteiger partial charge in [0, 0.05) is 12.6 Å². The van der Waals surface area contributed by atoms with Gasteiger partial charge in [-0.15, -0.1) is 0 Å². The summed E-state index contributed by atoms with van der Waals surface area (Å²) in [5.41, 5.74) is 0.997. The first-order valence-corrected chi connectivity index (χ1v) is 6.48. The van der Waals surface area contributed by atoms with Gasteiger partial charge in [0.2, 0.25) is 0 Å². The lowest BCUT2D eigenvalue weighted by Crippen LogP contribution is -2.48. The van der Waals surface area contributed by atoms with Crippen molar-refractivity contribution >= 4 is 11.8 Å². The molecule has 1 aromatic rings. The summed E-state index contributed by atoms with van der Waals surface area (Å²) in [6.07, 6.45) is 0. The number of rotatable bonds is 3.